The van der Waals surface area contributed by atoms with Crippen LogP contribution in [0.3, 0.4) is 0 Å². The lowest BCUT2D eigenvalue weighted by Crippen LogP contribution is -2.17. The maximum Gasteiger partial charge on any atom is 0.339 e. The Morgan fingerprint density at radius 1 is 1.22 bits per heavy atom. The van der Waals surface area contributed by atoms with Crippen LogP contribution >= 0.6 is 11.6 Å². The van der Waals surface area contributed by atoms with Gasteiger partial charge in [0.25, 0.3) is 0 Å². The van der Waals surface area contributed by atoms with Crippen molar-refractivity contribution < 1.29 is 19.2 Å². The first kappa shape index (κ1) is 17.3. The molecule has 0 aliphatic heterocycles. The van der Waals surface area contributed by atoms with E-state index in [4.69, 9.17) is 26.0 Å². The van der Waals surface area contributed by atoms with Crippen molar-refractivity contribution in [1.82, 2.24) is 5.48 Å². The Labute approximate surface area is 138 Å². The molecule has 0 saturated carbocycles. The number of hydrogen-bond donors (Lipinski definition) is 2. The molecule has 23 heavy (non-hydrogen) atoms. The van der Waals surface area contributed by atoms with Crippen molar-refractivity contribution in [2.75, 3.05) is 6.61 Å². The van der Waals surface area contributed by atoms with Crippen LogP contribution in [0.25, 0.3) is 11.0 Å². The Bertz CT molecular complexity index is 728. The number of amides is 1. The van der Waals surface area contributed by atoms with Crippen molar-refractivity contribution in [2.24, 2.45) is 0 Å². The van der Waals surface area contributed by atoms with Gasteiger partial charge in [0.05, 0.1) is 18.1 Å². The average molecular weight is 340 g/mol. The van der Waals surface area contributed by atoms with Gasteiger partial charge >= 0.3 is 5.63 Å². The fourth-order valence-corrected chi connectivity index (χ4v) is 2.37. The number of ether oxygens (including phenoxy) is 1. The van der Waals surface area contributed by atoms with Crippen LogP contribution in [0, 0.1) is 0 Å². The van der Waals surface area contributed by atoms with Crippen molar-refractivity contribution >= 4 is 28.5 Å². The zero-order valence-corrected chi connectivity index (χ0v) is 13.3. The number of hydroxylamine groups is 1. The molecule has 0 radical (unpaired) electrons. The maximum absolute atomic E-state index is 11.5. The number of benzene rings is 1. The monoisotopic (exact) mass is 339 g/mol. The van der Waals surface area contributed by atoms with E-state index in [-0.39, 0.29) is 5.91 Å². The zero-order valence-electron chi connectivity index (χ0n) is 12.5. The van der Waals surface area contributed by atoms with Crippen LogP contribution in [0.4, 0.5) is 0 Å². The predicted octanol–water partition coefficient (Wildman–Crippen LogP) is 3.28. The van der Waals surface area contributed by atoms with Crippen molar-refractivity contribution in [3.63, 3.8) is 0 Å². The smallest absolute Gasteiger partial charge is 0.339 e. The van der Waals surface area contributed by atoms with Crippen LogP contribution in [0.2, 0.25) is 5.02 Å². The molecule has 0 saturated heterocycles. The highest BCUT2D eigenvalue weighted by Gasteiger charge is 2.07. The first-order valence-electron chi connectivity index (χ1n) is 7.39. The van der Waals surface area contributed by atoms with E-state index in [0.29, 0.717) is 41.2 Å². The summed E-state index contributed by atoms with van der Waals surface area (Å²) in [7, 11) is 0. The van der Waals surface area contributed by atoms with Gasteiger partial charge in [0.1, 0.15) is 11.3 Å². The number of carbonyl (C=O) groups is 1. The first-order valence-corrected chi connectivity index (χ1v) is 7.77. The van der Waals surface area contributed by atoms with Gasteiger partial charge in [-0.15, -0.1) is 0 Å². The highest BCUT2D eigenvalue weighted by molar-refractivity contribution is 6.31. The van der Waals surface area contributed by atoms with Gasteiger partial charge in [-0.1, -0.05) is 24.4 Å². The summed E-state index contributed by atoms with van der Waals surface area (Å²) in [6.45, 7) is 0.466. The molecule has 0 spiro atoms. The fourth-order valence-electron chi connectivity index (χ4n) is 2.21. The Balaban J connectivity index is 1.83. The van der Waals surface area contributed by atoms with E-state index in [9.17, 15) is 9.59 Å². The summed E-state index contributed by atoms with van der Waals surface area (Å²) in [6, 6.07) is 6.37. The van der Waals surface area contributed by atoms with Crippen LogP contribution < -0.4 is 15.8 Å². The molecule has 2 aromatic rings. The maximum atomic E-state index is 11.5. The number of halogens is 1. The van der Waals surface area contributed by atoms with E-state index < -0.39 is 5.63 Å². The van der Waals surface area contributed by atoms with Gasteiger partial charge in [0.15, 0.2) is 0 Å². The van der Waals surface area contributed by atoms with Gasteiger partial charge in [-0.05, 0) is 25.0 Å². The standard InChI is InChI=1S/C16H18ClNO5/c17-11-6-7-12-13(10-16(20)23-14(12)9-11)22-8-4-2-1-3-5-15(19)18-21/h6-7,9-10,21H,1-5,8H2,(H,18,19). The third-order valence-corrected chi connectivity index (χ3v) is 3.58. The summed E-state index contributed by atoms with van der Waals surface area (Å²) >= 11 is 5.88. The molecule has 0 bridgehead atoms. The summed E-state index contributed by atoms with van der Waals surface area (Å²) in [5.74, 6) is 0.106. The van der Waals surface area contributed by atoms with E-state index in [1.54, 1.807) is 23.7 Å². The molecule has 1 aromatic carbocycles. The summed E-state index contributed by atoms with van der Waals surface area (Å²) in [4.78, 5) is 22.4. The van der Waals surface area contributed by atoms with Gasteiger partial charge in [0, 0.05) is 17.5 Å². The van der Waals surface area contributed by atoms with E-state index in [1.165, 1.54) is 6.07 Å². The second-order valence-electron chi connectivity index (χ2n) is 5.12. The van der Waals surface area contributed by atoms with E-state index in [0.717, 1.165) is 19.3 Å². The summed E-state index contributed by atoms with van der Waals surface area (Å²) in [5.41, 5.74) is 1.52. The molecule has 0 atom stereocenters. The molecule has 1 heterocycles. The highest BCUT2D eigenvalue weighted by Crippen LogP contribution is 2.26. The lowest BCUT2D eigenvalue weighted by molar-refractivity contribution is -0.129. The fraction of sp³-hybridized carbons (Fsp3) is 0.375. The Hall–Kier alpha value is -2.05. The molecule has 1 amide bonds. The predicted molar refractivity (Wildman–Crippen MR) is 86.0 cm³/mol. The number of fused-ring (bicyclic) bond motifs is 1. The van der Waals surface area contributed by atoms with Gasteiger partial charge in [-0.3, -0.25) is 10.0 Å². The molecule has 7 heteroatoms. The summed E-state index contributed by atoms with van der Waals surface area (Å²) in [6.07, 6.45) is 3.58. The summed E-state index contributed by atoms with van der Waals surface area (Å²) < 4.78 is 10.8. The number of rotatable bonds is 8. The quantitative estimate of drug-likeness (QED) is 0.333. The van der Waals surface area contributed by atoms with Crippen LogP contribution in [0.5, 0.6) is 5.75 Å². The Kier molecular flexibility index (Phi) is 6.43. The largest absolute Gasteiger partial charge is 0.493 e. The van der Waals surface area contributed by atoms with E-state index in [1.807, 2.05) is 0 Å². The molecular formula is C16H18ClNO5. The molecular weight excluding hydrogens is 322 g/mol. The lowest BCUT2D eigenvalue weighted by atomic mass is 10.1. The molecule has 1 aromatic heterocycles. The molecule has 6 nitrogen and oxygen atoms in total. The zero-order chi connectivity index (χ0) is 16.7. The minimum Gasteiger partial charge on any atom is -0.493 e. The van der Waals surface area contributed by atoms with Gasteiger partial charge < -0.3 is 9.15 Å². The van der Waals surface area contributed by atoms with Gasteiger partial charge in [-0.2, -0.15) is 0 Å². The van der Waals surface area contributed by atoms with E-state index in [2.05, 4.69) is 0 Å². The Morgan fingerprint density at radius 3 is 2.78 bits per heavy atom. The molecule has 2 rings (SSSR count). The third kappa shape index (κ3) is 5.26. The minimum absolute atomic E-state index is 0.308. The van der Waals surface area contributed by atoms with Crippen LogP contribution in [0.15, 0.2) is 33.5 Å². The second kappa shape index (κ2) is 8.55. The van der Waals surface area contributed by atoms with Gasteiger partial charge in [-0.25, -0.2) is 10.3 Å². The van der Waals surface area contributed by atoms with Crippen LogP contribution in [0.1, 0.15) is 32.1 Å². The SMILES string of the molecule is O=C(CCCCCCOc1cc(=O)oc2cc(Cl)ccc12)NO. The van der Waals surface area contributed by atoms with E-state index >= 15 is 0 Å². The van der Waals surface area contributed by atoms with Crippen LogP contribution in [-0.4, -0.2) is 17.7 Å². The van der Waals surface area contributed by atoms with Gasteiger partial charge in [0.2, 0.25) is 5.91 Å². The number of carbonyl (C=O) groups excluding carboxylic acids is 1. The molecule has 0 aliphatic carbocycles. The topological polar surface area (TPSA) is 88.8 Å². The average Bonchev–Trinajstić information content (AvgIpc) is 2.52. The minimum atomic E-state index is -0.482. The lowest BCUT2D eigenvalue weighted by Gasteiger charge is -2.08. The second-order valence-corrected chi connectivity index (χ2v) is 5.55. The molecule has 2 N–H and O–H groups in total. The summed E-state index contributed by atoms with van der Waals surface area (Å²) in [5, 5.41) is 9.56. The third-order valence-electron chi connectivity index (χ3n) is 3.35. The molecule has 124 valence electrons. The molecule has 0 fully saturated rings. The number of nitrogens with one attached hydrogen (secondary N) is 1. The van der Waals surface area contributed by atoms with Crippen molar-refractivity contribution in [1.29, 1.82) is 0 Å². The number of hydrogen-bond acceptors (Lipinski definition) is 5. The highest BCUT2D eigenvalue weighted by atomic mass is 35.5. The van der Waals surface area contributed by atoms with Crippen molar-refractivity contribution in [2.45, 2.75) is 32.1 Å². The van der Waals surface area contributed by atoms with Crippen molar-refractivity contribution in [3.8, 4) is 5.75 Å². The number of unbranched alkanes of at least 4 members (excludes halogenated alkanes) is 3. The van der Waals surface area contributed by atoms with Crippen molar-refractivity contribution in [3.05, 3.63) is 39.7 Å². The first-order chi connectivity index (χ1) is 11.1. The molecule has 0 aliphatic rings. The molecule has 0 unspecified atom stereocenters. The Morgan fingerprint density at radius 2 is 2.00 bits per heavy atom. The van der Waals surface area contributed by atoms with Crippen LogP contribution in [-0.2, 0) is 4.79 Å². The normalized spacial score (nSPS) is 10.7.